The zero-order valence-corrected chi connectivity index (χ0v) is 14.8. The first-order valence-corrected chi connectivity index (χ1v) is 8.63. The van der Waals surface area contributed by atoms with E-state index < -0.39 is 6.04 Å². The lowest BCUT2D eigenvalue weighted by atomic mass is 10.1. The molecule has 1 fully saturated rings. The van der Waals surface area contributed by atoms with E-state index in [4.69, 9.17) is 4.52 Å². The van der Waals surface area contributed by atoms with Crippen LogP contribution in [0, 0.1) is 6.92 Å². The van der Waals surface area contributed by atoms with E-state index in [-0.39, 0.29) is 18.5 Å². The Bertz CT molecular complexity index is 956. The highest BCUT2D eigenvalue weighted by molar-refractivity contribution is 6.04. The highest BCUT2D eigenvalue weighted by Crippen LogP contribution is 2.33. The van der Waals surface area contributed by atoms with Gasteiger partial charge in [-0.15, -0.1) is 0 Å². The molecular weight excluding hydrogens is 344 g/mol. The number of carbonyl (C=O) groups is 2. The number of urea groups is 1. The Morgan fingerprint density at radius 3 is 2.26 bits per heavy atom. The van der Waals surface area contributed by atoms with Crippen molar-refractivity contribution in [2.75, 3.05) is 0 Å². The SMILES string of the molecule is Cc1nc(CN2C(=O)C(c3ccccc3)N(Cc3ccccc3)C2=O)no1. The molecule has 1 aliphatic rings. The van der Waals surface area contributed by atoms with Crippen LogP contribution in [0.3, 0.4) is 0 Å². The monoisotopic (exact) mass is 362 g/mol. The molecule has 1 atom stereocenters. The zero-order valence-electron chi connectivity index (χ0n) is 14.8. The van der Waals surface area contributed by atoms with Crippen LogP contribution in [-0.2, 0) is 17.9 Å². The summed E-state index contributed by atoms with van der Waals surface area (Å²) in [6.45, 7) is 2.00. The van der Waals surface area contributed by atoms with Crippen LogP contribution in [0.1, 0.15) is 28.9 Å². The Kier molecular flexibility index (Phi) is 4.42. The largest absolute Gasteiger partial charge is 0.340 e. The molecule has 1 saturated heterocycles. The average Bonchev–Trinajstić information content (AvgIpc) is 3.20. The van der Waals surface area contributed by atoms with Crippen molar-refractivity contribution in [3.05, 3.63) is 83.5 Å². The van der Waals surface area contributed by atoms with Gasteiger partial charge in [-0.2, -0.15) is 4.98 Å². The third-order valence-electron chi connectivity index (χ3n) is 4.47. The second-order valence-electron chi connectivity index (χ2n) is 6.36. The van der Waals surface area contributed by atoms with E-state index in [0.29, 0.717) is 18.3 Å². The van der Waals surface area contributed by atoms with Crippen LogP contribution in [0.2, 0.25) is 0 Å². The fourth-order valence-corrected chi connectivity index (χ4v) is 3.23. The van der Waals surface area contributed by atoms with Crippen molar-refractivity contribution < 1.29 is 14.1 Å². The fraction of sp³-hybridized carbons (Fsp3) is 0.200. The van der Waals surface area contributed by atoms with Gasteiger partial charge in [0.15, 0.2) is 5.82 Å². The van der Waals surface area contributed by atoms with Crippen molar-refractivity contribution in [1.29, 1.82) is 0 Å². The summed E-state index contributed by atoms with van der Waals surface area (Å²) in [4.78, 5) is 33.0. The molecule has 3 amide bonds. The molecule has 7 nitrogen and oxygen atoms in total. The predicted octanol–water partition coefficient (Wildman–Crippen LogP) is 3.08. The van der Waals surface area contributed by atoms with Crippen molar-refractivity contribution in [1.82, 2.24) is 19.9 Å². The van der Waals surface area contributed by atoms with Gasteiger partial charge in [0.25, 0.3) is 5.91 Å². The quantitative estimate of drug-likeness (QED) is 0.652. The number of benzene rings is 2. The Morgan fingerprint density at radius 2 is 1.63 bits per heavy atom. The number of rotatable bonds is 5. The Morgan fingerprint density at radius 1 is 0.963 bits per heavy atom. The molecule has 2 aromatic carbocycles. The summed E-state index contributed by atoms with van der Waals surface area (Å²) < 4.78 is 4.96. The van der Waals surface area contributed by atoms with E-state index >= 15 is 0 Å². The topological polar surface area (TPSA) is 79.5 Å². The minimum atomic E-state index is -0.674. The number of aryl methyl sites for hydroxylation is 1. The molecule has 0 radical (unpaired) electrons. The molecule has 3 aromatic rings. The summed E-state index contributed by atoms with van der Waals surface area (Å²) in [5.74, 6) is 0.414. The molecule has 0 aliphatic carbocycles. The van der Waals surface area contributed by atoms with Crippen LogP contribution in [0.4, 0.5) is 4.79 Å². The van der Waals surface area contributed by atoms with Crippen molar-refractivity contribution in [2.24, 2.45) is 0 Å². The van der Waals surface area contributed by atoms with Gasteiger partial charge >= 0.3 is 6.03 Å². The molecule has 1 aromatic heterocycles. The molecule has 0 saturated carbocycles. The predicted molar refractivity (Wildman–Crippen MR) is 96.1 cm³/mol. The van der Waals surface area contributed by atoms with Crippen LogP contribution < -0.4 is 0 Å². The van der Waals surface area contributed by atoms with E-state index in [1.165, 1.54) is 4.90 Å². The van der Waals surface area contributed by atoms with Gasteiger partial charge in [-0.05, 0) is 11.1 Å². The van der Waals surface area contributed by atoms with Crippen LogP contribution in [0.5, 0.6) is 0 Å². The van der Waals surface area contributed by atoms with Gasteiger partial charge in [0, 0.05) is 13.5 Å². The number of imide groups is 1. The van der Waals surface area contributed by atoms with Crippen molar-refractivity contribution in [2.45, 2.75) is 26.1 Å². The number of hydrogen-bond donors (Lipinski definition) is 0. The normalized spacial score (nSPS) is 17.0. The zero-order chi connectivity index (χ0) is 18.8. The lowest BCUT2D eigenvalue weighted by Gasteiger charge is -2.22. The lowest BCUT2D eigenvalue weighted by Crippen LogP contribution is -2.32. The highest BCUT2D eigenvalue weighted by Gasteiger charge is 2.46. The van der Waals surface area contributed by atoms with E-state index in [0.717, 1.165) is 11.1 Å². The summed E-state index contributed by atoms with van der Waals surface area (Å²) in [5, 5.41) is 3.80. The second-order valence-corrected chi connectivity index (χ2v) is 6.36. The highest BCUT2D eigenvalue weighted by atomic mass is 16.5. The van der Waals surface area contributed by atoms with Crippen molar-refractivity contribution in [3.8, 4) is 0 Å². The molecule has 0 N–H and O–H groups in total. The van der Waals surface area contributed by atoms with Crippen LogP contribution in [-0.4, -0.2) is 31.9 Å². The Balaban J connectivity index is 1.67. The Labute approximate surface area is 156 Å². The van der Waals surface area contributed by atoms with Gasteiger partial charge in [-0.25, -0.2) is 4.79 Å². The third-order valence-corrected chi connectivity index (χ3v) is 4.47. The van der Waals surface area contributed by atoms with Gasteiger partial charge in [0.05, 0.1) is 6.54 Å². The fourth-order valence-electron chi connectivity index (χ4n) is 3.23. The van der Waals surface area contributed by atoms with E-state index in [9.17, 15) is 9.59 Å². The van der Waals surface area contributed by atoms with E-state index in [2.05, 4.69) is 10.1 Å². The van der Waals surface area contributed by atoms with Gasteiger partial charge in [-0.3, -0.25) is 9.69 Å². The number of aromatic nitrogens is 2. The maximum Gasteiger partial charge on any atom is 0.328 e. The maximum absolute atomic E-state index is 13.1. The minimum absolute atomic E-state index is 0.0103. The molecular formula is C20H18N4O3. The first-order chi connectivity index (χ1) is 13.1. The van der Waals surface area contributed by atoms with Gasteiger partial charge in [-0.1, -0.05) is 65.8 Å². The van der Waals surface area contributed by atoms with Gasteiger partial charge < -0.3 is 9.42 Å². The molecule has 1 aliphatic heterocycles. The van der Waals surface area contributed by atoms with Gasteiger partial charge in [0.2, 0.25) is 5.89 Å². The Hall–Kier alpha value is -3.48. The smallest absolute Gasteiger partial charge is 0.328 e. The molecule has 0 bridgehead atoms. The summed E-state index contributed by atoms with van der Waals surface area (Å²) in [7, 11) is 0. The number of hydrogen-bond acceptors (Lipinski definition) is 5. The maximum atomic E-state index is 13.1. The second kappa shape index (κ2) is 7.03. The van der Waals surface area contributed by atoms with Crippen molar-refractivity contribution >= 4 is 11.9 Å². The van der Waals surface area contributed by atoms with Crippen LogP contribution in [0.25, 0.3) is 0 Å². The van der Waals surface area contributed by atoms with E-state index in [1.54, 1.807) is 11.8 Å². The molecule has 0 spiro atoms. The molecule has 2 heterocycles. The van der Waals surface area contributed by atoms with Crippen LogP contribution >= 0.6 is 0 Å². The summed E-state index contributed by atoms with van der Waals surface area (Å²) in [6, 6.07) is 17.9. The molecule has 1 unspecified atom stereocenters. The van der Waals surface area contributed by atoms with E-state index in [1.807, 2.05) is 60.7 Å². The first kappa shape index (κ1) is 17.0. The number of carbonyl (C=O) groups excluding carboxylic acids is 2. The number of amides is 3. The molecule has 4 rings (SSSR count). The summed E-state index contributed by atoms with van der Waals surface area (Å²) in [6.07, 6.45) is 0. The summed E-state index contributed by atoms with van der Waals surface area (Å²) >= 11 is 0. The standard InChI is InChI=1S/C20H18N4O3/c1-14-21-17(22-27-14)13-24-19(25)18(16-10-6-3-7-11-16)23(20(24)26)12-15-8-4-2-5-9-15/h2-11,18H,12-13H2,1H3. The molecule has 7 heteroatoms. The minimum Gasteiger partial charge on any atom is -0.340 e. The molecule has 27 heavy (non-hydrogen) atoms. The number of nitrogens with zero attached hydrogens (tertiary/aromatic N) is 4. The molecule has 136 valence electrons. The van der Waals surface area contributed by atoms with Gasteiger partial charge in [0.1, 0.15) is 6.04 Å². The van der Waals surface area contributed by atoms with Crippen molar-refractivity contribution in [3.63, 3.8) is 0 Å². The average molecular weight is 362 g/mol. The lowest BCUT2D eigenvalue weighted by molar-refractivity contribution is -0.129. The van der Waals surface area contributed by atoms with Crippen LogP contribution in [0.15, 0.2) is 65.2 Å². The summed E-state index contributed by atoms with van der Waals surface area (Å²) in [5.41, 5.74) is 1.73. The third kappa shape index (κ3) is 3.31. The first-order valence-electron chi connectivity index (χ1n) is 8.63.